The molecular formula is C34H62FN2O9PS. The first-order valence-electron chi connectivity index (χ1n) is 18.3. The monoisotopic (exact) mass is 724 g/mol. The molecule has 1 aliphatic rings. The molecule has 0 aromatic carbocycles. The van der Waals surface area contributed by atoms with Gasteiger partial charge in [-0.3, -0.25) is 23.4 Å². The van der Waals surface area contributed by atoms with Crippen molar-refractivity contribution in [3.63, 3.8) is 0 Å². The highest BCUT2D eigenvalue weighted by molar-refractivity contribution is 7.99. The molecule has 6 atom stereocenters. The topological polar surface area (TPSA) is 149 Å². The van der Waals surface area contributed by atoms with Gasteiger partial charge in [0.05, 0.1) is 31.6 Å². The minimum absolute atomic E-state index is 0.0545. The average molecular weight is 725 g/mol. The summed E-state index contributed by atoms with van der Waals surface area (Å²) < 4.78 is 48.7. The molecule has 0 amide bonds. The smallest absolute Gasteiger partial charge is 0.390 e. The lowest BCUT2D eigenvalue weighted by Crippen LogP contribution is -2.34. The van der Waals surface area contributed by atoms with Crippen molar-refractivity contribution < 1.29 is 37.5 Å². The lowest BCUT2D eigenvalue weighted by atomic mass is 10.1. The number of nitrogens with one attached hydrogen (secondary N) is 1. The molecule has 0 aliphatic carbocycles. The molecule has 280 valence electrons. The van der Waals surface area contributed by atoms with Gasteiger partial charge < -0.3 is 19.5 Å². The first kappa shape index (κ1) is 43.1. The lowest BCUT2D eigenvalue weighted by molar-refractivity contribution is -0.0470. The van der Waals surface area contributed by atoms with E-state index < -0.39 is 49.9 Å². The van der Waals surface area contributed by atoms with Crippen LogP contribution in [-0.4, -0.2) is 68.7 Å². The summed E-state index contributed by atoms with van der Waals surface area (Å²) in [6.07, 6.45) is 18.3. The first-order valence-corrected chi connectivity index (χ1v) is 20.8. The van der Waals surface area contributed by atoms with Crippen LogP contribution in [0.2, 0.25) is 0 Å². The zero-order valence-electron chi connectivity index (χ0n) is 29.5. The summed E-state index contributed by atoms with van der Waals surface area (Å²) in [6, 6.07) is 0. The van der Waals surface area contributed by atoms with Crippen LogP contribution in [0.5, 0.6) is 0 Å². The minimum atomic E-state index is -4.46. The molecule has 0 spiro atoms. The Bertz CT molecular complexity index is 1160. The van der Waals surface area contributed by atoms with Crippen molar-refractivity contribution in [2.75, 3.05) is 25.6 Å². The first-order chi connectivity index (χ1) is 23.1. The molecule has 11 nitrogen and oxygen atoms in total. The van der Waals surface area contributed by atoms with Gasteiger partial charge in [-0.05, 0) is 31.9 Å². The van der Waals surface area contributed by atoms with E-state index in [9.17, 15) is 28.5 Å². The van der Waals surface area contributed by atoms with Gasteiger partial charge in [0.2, 0.25) is 5.82 Å². The van der Waals surface area contributed by atoms with E-state index in [4.69, 9.17) is 18.5 Å². The quantitative estimate of drug-likeness (QED) is 0.0556. The normalized spacial score (nSPS) is 20.6. The number of thioether (sulfide) groups is 1. The molecule has 3 unspecified atom stereocenters. The van der Waals surface area contributed by atoms with E-state index in [1.54, 1.807) is 0 Å². The van der Waals surface area contributed by atoms with E-state index in [0.717, 1.165) is 16.7 Å². The number of halogens is 1. The highest BCUT2D eigenvalue weighted by Gasteiger charge is 2.37. The molecule has 1 fully saturated rings. The number of nitrogens with zero attached hydrogens (tertiary/aromatic N) is 1. The summed E-state index contributed by atoms with van der Waals surface area (Å²) in [7, 11) is -4.46. The summed E-state index contributed by atoms with van der Waals surface area (Å²) in [5.74, 6) is -0.0450. The fourth-order valence-corrected chi connectivity index (χ4v) is 7.88. The molecule has 48 heavy (non-hydrogen) atoms. The molecule has 2 rings (SSSR count). The fraction of sp³-hybridized carbons (Fsp3) is 0.882. The number of ether oxygens (including phenoxy) is 2. The van der Waals surface area contributed by atoms with Gasteiger partial charge in [-0.25, -0.2) is 9.36 Å². The third-order valence-corrected chi connectivity index (χ3v) is 11.3. The van der Waals surface area contributed by atoms with Crippen molar-refractivity contribution in [2.45, 2.75) is 166 Å². The number of unbranched alkanes of at least 4 members (excludes halogenated alkanes) is 13. The number of aromatic amines is 1. The van der Waals surface area contributed by atoms with Gasteiger partial charge >= 0.3 is 13.5 Å². The summed E-state index contributed by atoms with van der Waals surface area (Å²) in [5, 5.41) is 10.7. The van der Waals surface area contributed by atoms with Gasteiger partial charge in [0.25, 0.3) is 5.56 Å². The van der Waals surface area contributed by atoms with Crippen molar-refractivity contribution in [3.05, 3.63) is 32.9 Å². The van der Waals surface area contributed by atoms with E-state index >= 15 is 0 Å². The van der Waals surface area contributed by atoms with Gasteiger partial charge in [0.1, 0.15) is 12.3 Å². The SMILES string of the molecule is CCCCCCCCCCCCSC(CCCCCCC)C(C)OCCCOP(=O)(O)OC[C@H]1O[C@@H](n2cc(F)c(=O)[nH]c2=O)C[C@@H]1O. The largest absolute Gasteiger partial charge is 0.472 e. The van der Waals surface area contributed by atoms with Gasteiger partial charge in [-0.1, -0.05) is 104 Å². The number of aromatic nitrogens is 2. The van der Waals surface area contributed by atoms with Crippen LogP contribution in [0.4, 0.5) is 4.39 Å². The molecule has 0 saturated carbocycles. The molecule has 2 heterocycles. The van der Waals surface area contributed by atoms with Crippen LogP contribution in [0.15, 0.2) is 15.8 Å². The molecule has 0 bridgehead atoms. The fourth-order valence-electron chi connectivity index (χ4n) is 5.76. The maximum atomic E-state index is 13.7. The third-order valence-electron chi connectivity index (χ3n) is 8.71. The molecule has 1 aromatic rings. The number of aliphatic hydroxyl groups excluding tert-OH is 1. The number of hydrogen-bond acceptors (Lipinski definition) is 9. The zero-order valence-corrected chi connectivity index (χ0v) is 31.2. The summed E-state index contributed by atoms with van der Waals surface area (Å²) in [6.45, 7) is 6.42. The third kappa shape index (κ3) is 17.7. The van der Waals surface area contributed by atoms with Crippen LogP contribution >= 0.6 is 19.6 Å². The van der Waals surface area contributed by atoms with Crippen LogP contribution in [0.25, 0.3) is 0 Å². The molecule has 1 aromatic heterocycles. The predicted octanol–water partition coefficient (Wildman–Crippen LogP) is 7.64. The van der Waals surface area contributed by atoms with Crippen molar-refractivity contribution >= 4 is 19.6 Å². The highest BCUT2D eigenvalue weighted by Crippen LogP contribution is 2.44. The molecule has 0 radical (unpaired) electrons. The lowest BCUT2D eigenvalue weighted by Gasteiger charge is -2.24. The van der Waals surface area contributed by atoms with Gasteiger partial charge in [0, 0.05) is 18.3 Å². The summed E-state index contributed by atoms with van der Waals surface area (Å²) >= 11 is 2.01. The van der Waals surface area contributed by atoms with Gasteiger partial charge in [-0.15, -0.1) is 0 Å². The van der Waals surface area contributed by atoms with Crippen molar-refractivity contribution in [2.24, 2.45) is 0 Å². The number of hydrogen-bond donors (Lipinski definition) is 3. The van der Waals surface area contributed by atoms with Crippen LogP contribution in [0.3, 0.4) is 0 Å². The Morgan fingerprint density at radius 1 is 0.958 bits per heavy atom. The van der Waals surface area contributed by atoms with Crippen LogP contribution < -0.4 is 11.2 Å². The van der Waals surface area contributed by atoms with Crippen LogP contribution in [0.1, 0.15) is 143 Å². The summed E-state index contributed by atoms with van der Waals surface area (Å²) in [4.78, 5) is 35.2. The van der Waals surface area contributed by atoms with E-state index in [1.807, 2.05) is 16.7 Å². The Hall–Kier alpha value is -1.05. The van der Waals surface area contributed by atoms with Gasteiger partial charge in [-0.2, -0.15) is 16.2 Å². The predicted molar refractivity (Wildman–Crippen MR) is 189 cm³/mol. The van der Waals surface area contributed by atoms with E-state index in [2.05, 4.69) is 20.8 Å². The Balaban J connectivity index is 1.67. The van der Waals surface area contributed by atoms with E-state index in [-0.39, 0.29) is 19.1 Å². The second-order valence-corrected chi connectivity index (χ2v) is 15.7. The van der Waals surface area contributed by atoms with Gasteiger partial charge in [0.15, 0.2) is 0 Å². The number of phosphoric ester groups is 1. The zero-order chi connectivity index (χ0) is 35.2. The minimum Gasteiger partial charge on any atom is -0.390 e. The van der Waals surface area contributed by atoms with Crippen molar-refractivity contribution in [1.29, 1.82) is 0 Å². The second-order valence-electron chi connectivity index (χ2n) is 12.9. The molecule has 3 N–H and O–H groups in total. The molecule has 1 saturated heterocycles. The Morgan fingerprint density at radius 2 is 1.56 bits per heavy atom. The number of rotatable bonds is 29. The van der Waals surface area contributed by atoms with Crippen molar-refractivity contribution in [3.8, 4) is 0 Å². The summed E-state index contributed by atoms with van der Waals surface area (Å²) in [5.41, 5.74) is -2.07. The number of phosphoric acid groups is 1. The highest BCUT2D eigenvalue weighted by atomic mass is 32.2. The van der Waals surface area contributed by atoms with Crippen LogP contribution in [-0.2, 0) is 23.1 Å². The molecule has 14 heteroatoms. The second kappa shape index (κ2) is 25.0. The van der Waals surface area contributed by atoms with E-state index in [0.29, 0.717) is 24.5 Å². The molecule has 1 aliphatic heterocycles. The number of H-pyrrole nitrogens is 1. The molecular weight excluding hydrogens is 662 g/mol. The Kier molecular flexibility index (Phi) is 22.4. The standard InChI is InChI=1S/C34H62FN2O9PS/c1-4-6-8-10-11-12-13-14-16-18-23-48-31(20-17-15-9-7-5-2)27(3)43-21-19-22-44-47(41,42)45-26-30-29(38)24-32(46-30)37-25-28(35)33(39)36-34(37)40/h25,27,29-32,38H,4-24,26H2,1-3H3,(H,41,42)(H,36,39,40)/t27?,29-,30+,31?,32+/m0/s1. The maximum Gasteiger partial charge on any atom is 0.472 e. The van der Waals surface area contributed by atoms with E-state index in [1.165, 1.54) is 96.3 Å². The van der Waals surface area contributed by atoms with Crippen LogP contribution in [0, 0.1) is 5.82 Å². The van der Waals surface area contributed by atoms with Crippen molar-refractivity contribution in [1.82, 2.24) is 9.55 Å². The maximum absolute atomic E-state index is 13.7. The number of aliphatic hydroxyl groups is 1. The Morgan fingerprint density at radius 3 is 2.21 bits per heavy atom. The Labute approximate surface area is 290 Å². The average Bonchev–Trinajstić information content (AvgIpc) is 3.42.